The van der Waals surface area contributed by atoms with Crippen molar-refractivity contribution in [2.75, 3.05) is 0 Å². The molecule has 0 saturated heterocycles. The fraction of sp³-hybridized carbons (Fsp3) is 0. The molecule has 0 radical (unpaired) electrons. The second-order valence-corrected chi connectivity index (χ2v) is 3.19. The summed E-state index contributed by atoms with van der Waals surface area (Å²) < 4.78 is 1.03. The van der Waals surface area contributed by atoms with Crippen LogP contribution in [0.3, 0.4) is 0 Å². The summed E-state index contributed by atoms with van der Waals surface area (Å²) in [5, 5.41) is 0. The van der Waals surface area contributed by atoms with Gasteiger partial charge in [-0.15, -0.1) is 0 Å². The first kappa shape index (κ1) is 9.00. The number of benzene rings is 1. The fourth-order valence-electron chi connectivity index (χ4n) is 0.815. The normalized spacial score (nSPS) is 11.2. The van der Waals surface area contributed by atoms with Crippen LogP contribution >= 0.6 is 15.9 Å². The average molecular weight is 225 g/mol. The van der Waals surface area contributed by atoms with Crippen LogP contribution in [0, 0.1) is 0 Å². The molecule has 0 heterocycles. The van der Waals surface area contributed by atoms with Crippen molar-refractivity contribution in [1.29, 1.82) is 0 Å². The van der Waals surface area contributed by atoms with E-state index in [1.165, 1.54) is 6.20 Å². The summed E-state index contributed by atoms with van der Waals surface area (Å²) in [7, 11) is 0. The van der Waals surface area contributed by atoms with Gasteiger partial charge in [-0.2, -0.15) is 0 Å². The second kappa shape index (κ2) is 4.07. The first-order valence-electron chi connectivity index (χ1n) is 3.41. The third kappa shape index (κ3) is 2.20. The quantitative estimate of drug-likeness (QED) is 0.771. The Morgan fingerprint density at radius 1 is 1.42 bits per heavy atom. The summed E-state index contributed by atoms with van der Waals surface area (Å²) in [6.07, 6.45) is 1.53. The molecule has 0 amide bonds. The van der Waals surface area contributed by atoms with E-state index >= 15 is 0 Å². The molecule has 12 heavy (non-hydrogen) atoms. The highest BCUT2D eigenvalue weighted by Crippen LogP contribution is 2.14. The van der Waals surface area contributed by atoms with Crippen molar-refractivity contribution in [2.45, 2.75) is 0 Å². The highest BCUT2D eigenvalue weighted by Gasteiger charge is 1.94. The molecule has 0 aromatic heterocycles. The topological polar surface area (TPSA) is 38.4 Å². The Hall–Kier alpha value is -1.09. The number of nitrogens with zero attached hydrogens (tertiary/aromatic N) is 1. The van der Waals surface area contributed by atoms with Crippen LogP contribution in [0.1, 0.15) is 5.56 Å². The van der Waals surface area contributed by atoms with Gasteiger partial charge in [-0.3, -0.25) is 4.99 Å². The molecule has 0 saturated carbocycles. The van der Waals surface area contributed by atoms with Crippen molar-refractivity contribution >= 4 is 28.3 Å². The summed E-state index contributed by atoms with van der Waals surface area (Å²) in [5.74, 6) is 0. The van der Waals surface area contributed by atoms with Crippen molar-refractivity contribution in [3.05, 3.63) is 40.5 Å². The zero-order valence-electron chi connectivity index (χ0n) is 6.50. The minimum Gasteiger partial charge on any atom is -0.397 e. The Bertz CT molecular complexity index is 301. The van der Waals surface area contributed by atoms with E-state index in [1.54, 1.807) is 0 Å². The van der Waals surface area contributed by atoms with Gasteiger partial charge in [-0.1, -0.05) is 28.1 Å². The lowest BCUT2D eigenvalue weighted by Crippen LogP contribution is -1.94. The molecule has 0 aliphatic rings. The molecule has 1 rings (SSSR count). The van der Waals surface area contributed by atoms with Crippen molar-refractivity contribution in [3.63, 3.8) is 0 Å². The molecule has 2 N–H and O–H groups in total. The van der Waals surface area contributed by atoms with Gasteiger partial charge < -0.3 is 5.73 Å². The third-order valence-corrected chi connectivity index (χ3v) is 1.94. The van der Waals surface area contributed by atoms with E-state index in [0.717, 1.165) is 10.0 Å². The number of aliphatic imine (C=N–C) groups is 1. The van der Waals surface area contributed by atoms with Gasteiger partial charge in [-0.05, 0) is 24.4 Å². The molecular formula is C9H9BrN2. The predicted octanol–water partition coefficient (Wildman–Crippen LogP) is 2.41. The van der Waals surface area contributed by atoms with Crippen LogP contribution in [0.2, 0.25) is 0 Å². The van der Waals surface area contributed by atoms with Gasteiger partial charge in [0.2, 0.25) is 0 Å². The van der Waals surface area contributed by atoms with Crippen molar-refractivity contribution < 1.29 is 0 Å². The van der Waals surface area contributed by atoms with E-state index in [4.69, 9.17) is 5.73 Å². The van der Waals surface area contributed by atoms with E-state index in [0.29, 0.717) is 5.70 Å². The summed E-state index contributed by atoms with van der Waals surface area (Å²) in [5.41, 5.74) is 7.24. The highest BCUT2D eigenvalue weighted by atomic mass is 79.9. The molecule has 0 fully saturated rings. The SMILES string of the molecule is C=N/C=C(\N)c1ccc(Br)cc1. The Labute approximate surface area is 79.9 Å². The first-order chi connectivity index (χ1) is 5.74. The van der Waals surface area contributed by atoms with E-state index in [9.17, 15) is 0 Å². The lowest BCUT2D eigenvalue weighted by molar-refractivity contribution is 1.46. The number of rotatable bonds is 2. The summed E-state index contributed by atoms with van der Waals surface area (Å²) in [6.45, 7) is 3.33. The van der Waals surface area contributed by atoms with Gasteiger partial charge in [0, 0.05) is 10.7 Å². The molecule has 1 aromatic rings. The average Bonchev–Trinajstić information content (AvgIpc) is 2.06. The van der Waals surface area contributed by atoms with Crippen molar-refractivity contribution in [3.8, 4) is 0 Å². The minimum atomic E-state index is 0.623. The van der Waals surface area contributed by atoms with Crippen LogP contribution in [0.4, 0.5) is 0 Å². The van der Waals surface area contributed by atoms with E-state index in [2.05, 4.69) is 27.6 Å². The number of hydrogen-bond acceptors (Lipinski definition) is 2. The molecule has 62 valence electrons. The zero-order chi connectivity index (χ0) is 8.97. The van der Waals surface area contributed by atoms with Gasteiger partial charge in [0.25, 0.3) is 0 Å². The number of hydrogen-bond donors (Lipinski definition) is 1. The minimum absolute atomic E-state index is 0.623. The summed E-state index contributed by atoms with van der Waals surface area (Å²) in [6, 6.07) is 7.69. The third-order valence-electron chi connectivity index (χ3n) is 1.41. The summed E-state index contributed by atoms with van der Waals surface area (Å²) in [4.78, 5) is 3.59. The molecule has 0 bridgehead atoms. The van der Waals surface area contributed by atoms with Crippen LogP contribution in [-0.2, 0) is 0 Å². The maximum atomic E-state index is 5.67. The Balaban J connectivity index is 2.97. The lowest BCUT2D eigenvalue weighted by atomic mass is 10.2. The summed E-state index contributed by atoms with van der Waals surface area (Å²) >= 11 is 3.34. The van der Waals surface area contributed by atoms with Crippen LogP contribution in [0.25, 0.3) is 5.70 Å². The second-order valence-electron chi connectivity index (χ2n) is 2.27. The van der Waals surface area contributed by atoms with Crippen molar-refractivity contribution in [1.82, 2.24) is 0 Å². The predicted molar refractivity (Wildman–Crippen MR) is 55.9 cm³/mol. The highest BCUT2D eigenvalue weighted by molar-refractivity contribution is 9.10. The van der Waals surface area contributed by atoms with Crippen LogP contribution in [0.15, 0.2) is 39.9 Å². The molecule has 1 aromatic carbocycles. The van der Waals surface area contributed by atoms with E-state index in [1.807, 2.05) is 24.3 Å². The maximum absolute atomic E-state index is 5.67. The molecule has 0 aliphatic heterocycles. The number of nitrogens with two attached hydrogens (primary N) is 1. The van der Waals surface area contributed by atoms with Crippen LogP contribution in [-0.4, -0.2) is 6.72 Å². The smallest absolute Gasteiger partial charge is 0.0573 e. The molecule has 0 unspecified atom stereocenters. The molecule has 3 heteroatoms. The molecule has 0 spiro atoms. The van der Waals surface area contributed by atoms with Gasteiger partial charge >= 0.3 is 0 Å². The Kier molecular flexibility index (Phi) is 3.05. The van der Waals surface area contributed by atoms with Crippen LogP contribution in [0.5, 0.6) is 0 Å². The maximum Gasteiger partial charge on any atom is 0.0573 e. The zero-order valence-corrected chi connectivity index (χ0v) is 8.08. The number of halogens is 1. The molecule has 0 aliphatic carbocycles. The molecule has 2 nitrogen and oxygen atoms in total. The first-order valence-corrected chi connectivity index (χ1v) is 4.21. The largest absolute Gasteiger partial charge is 0.397 e. The van der Waals surface area contributed by atoms with E-state index in [-0.39, 0.29) is 0 Å². The molecule has 0 atom stereocenters. The van der Waals surface area contributed by atoms with Gasteiger partial charge in [0.15, 0.2) is 0 Å². The van der Waals surface area contributed by atoms with E-state index < -0.39 is 0 Å². The molecular weight excluding hydrogens is 216 g/mol. The standard InChI is InChI=1S/C9H9BrN2/c1-12-6-9(11)7-2-4-8(10)5-3-7/h2-6H,1,11H2/b9-6-. The van der Waals surface area contributed by atoms with Gasteiger partial charge in [-0.25, -0.2) is 0 Å². The van der Waals surface area contributed by atoms with Crippen LogP contribution < -0.4 is 5.73 Å². The lowest BCUT2D eigenvalue weighted by Gasteiger charge is -1.99. The van der Waals surface area contributed by atoms with Gasteiger partial charge in [0.1, 0.15) is 0 Å². The Morgan fingerprint density at radius 2 is 2.00 bits per heavy atom. The monoisotopic (exact) mass is 224 g/mol. The van der Waals surface area contributed by atoms with Crippen molar-refractivity contribution in [2.24, 2.45) is 10.7 Å². The fourth-order valence-corrected chi connectivity index (χ4v) is 1.08. The van der Waals surface area contributed by atoms with Gasteiger partial charge in [0.05, 0.1) is 5.70 Å². The Morgan fingerprint density at radius 3 is 2.50 bits per heavy atom.